The summed E-state index contributed by atoms with van der Waals surface area (Å²) in [5.41, 5.74) is 6.76. The number of nitrogens with zero attached hydrogens (tertiary/aromatic N) is 3. The van der Waals surface area contributed by atoms with Crippen molar-refractivity contribution in [1.82, 2.24) is 19.5 Å². The van der Waals surface area contributed by atoms with E-state index in [-0.39, 0.29) is 23.6 Å². The summed E-state index contributed by atoms with van der Waals surface area (Å²) in [6.45, 7) is 5.48. The summed E-state index contributed by atoms with van der Waals surface area (Å²) in [7, 11) is 0. The fourth-order valence-electron chi connectivity index (χ4n) is 3.45. The lowest BCUT2D eigenvalue weighted by molar-refractivity contribution is 0.00952. The fourth-order valence-corrected chi connectivity index (χ4v) is 3.45. The predicted octanol–water partition coefficient (Wildman–Crippen LogP) is 2.62. The van der Waals surface area contributed by atoms with Crippen LogP contribution in [0.4, 0.5) is 5.82 Å². The number of fused-ring (bicyclic) bond motifs is 1. The molecule has 3 rings (SSSR count). The van der Waals surface area contributed by atoms with E-state index in [0.717, 1.165) is 45.1 Å². The van der Waals surface area contributed by atoms with E-state index >= 15 is 0 Å². The minimum Gasteiger partial charge on any atom is -0.460 e. The molecular weight excluding hydrogens is 334 g/mol. The van der Waals surface area contributed by atoms with Crippen LogP contribution < -0.4 is 16.2 Å². The van der Waals surface area contributed by atoms with Crippen LogP contribution in [0, 0.1) is 0 Å². The lowest BCUT2D eigenvalue weighted by atomic mass is 10.0. The molecule has 0 radical (unpaired) electrons. The van der Waals surface area contributed by atoms with Crippen LogP contribution in [-0.2, 0) is 11.3 Å². The van der Waals surface area contributed by atoms with Crippen molar-refractivity contribution in [3.05, 3.63) is 10.5 Å². The number of anilines is 1. The van der Waals surface area contributed by atoms with Crippen molar-refractivity contribution < 1.29 is 9.47 Å². The number of rotatable bonds is 8. The molecule has 0 aliphatic carbocycles. The van der Waals surface area contributed by atoms with Gasteiger partial charge in [0.1, 0.15) is 5.52 Å². The van der Waals surface area contributed by atoms with Gasteiger partial charge in [0, 0.05) is 13.2 Å². The molecule has 0 bridgehead atoms. The Labute approximate surface area is 153 Å². The topological polar surface area (TPSA) is 108 Å². The maximum absolute atomic E-state index is 12.3. The molecule has 0 aromatic carbocycles. The summed E-state index contributed by atoms with van der Waals surface area (Å²) in [4.78, 5) is 23.7. The fraction of sp³-hybridized carbons (Fsp3) is 0.722. The molecule has 0 spiro atoms. The zero-order valence-electron chi connectivity index (χ0n) is 15.7. The largest absolute Gasteiger partial charge is 0.460 e. The molecule has 2 atom stereocenters. The molecule has 8 nitrogen and oxygen atoms in total. The Balaban J connectivity index is 1.74. The number of ether oxygens (including phenoxy) is 2. The van der Waals surface area contributed by atoms with Crippen LogP contribution >= 0.6 is 0 Å². The highest BCUT2D eigenvalue weighted by Crippen LogP contribution is 2.21. The Hall–Kier alpha value is -2.09. The Morgan fingerprint density at radius 1 is 1.42 bits per heavy atom. The van der Waals surface area contributed by atoms with Crippen molar-refractivity contribution in [2.45, 2.75) is 77.5 Å². The highest BCUT2D eigenvalue weighted by Gasteiger charge is 2.17. The Morgan fingerprint density at radius 2 is 2.27 bits per heavy atom. The van der Waals surface area contributed by atoms with Crippen molar-refractivity contribution in [1.29, 1.82) is 0 Å². The minimum absolute atomic E-state index is 0.000543. The van der Waals surface area contributed by atoms with Crippen LogP contribution in [0.3, 0.4) is 0 Å². The molecule has 1 unspecified atom stereocenters. The first-order valence-corrected chi connectivity index (χ1v) is 9.62. The first-order chi connectivity index (χ1) is 12.6. The zero-order chi connectivity index (χ0) is 18.5. The summed E-state index contributed by atoms with van der Waals surface area (Å²) >= 11 is 0. The molecule has 8 heteroatoms. The SMILES string of the molecule is CCC[C@@H](C)Oc1nc(N)c2[nH]c(=O)n(CCCC3CCCCO3)c2n1. The van der Waals surface area contributed by atoms with Crippen LogP contribution in [-0.4, -0.2) is 38.3 Å². The highest BCUT2D eigenvalue weighted by molar-refractivity contribution is 5.81. The second-order valence-corrected chi connectivity index (χ2v) is 7.02. The molecule has 3 N–H and O–H groups in total. The first-order valence-electron chi connectivity index (χ1n) is 9.62. The van der Waals surface area contributed by atoms with E-state index in [9.17, 15) is 4.79 Å². The number of aromatic amines is 1. The third-order valence-electron chi connectivity index (χ3n) is 4.81. The number of imidazole rings is 1. The van der Waals surface area contributed by atoms with Crippen LogP contribution in [0.15, 0.2) is 4.79 Å². The summed E-state index contributed by atoms with van der Waals surface area (Å²) < 4.78 is 13.1. The van der Waals surface area contributed by atoms with Gasteiger partial charge in [-0.05, 0) is 45.4 Å². The molecule has 2 aromatic heterocycles. The summed E-state index contributed by atoms with van der Waals surface area (Å²) in [6.07, 6.45) is 7.48. The quantitative estimate of drug-likeness (QED) is 0.746. The van der Waals surface area contributed by atoms with Crippen LogP contribution in [0.25, 0.3) is 11.2 Å². The van der Waals surface area contributed by atoms with Crippen molar-refractivity contribution >= 4 is 17.0 Å². The number of nitrogen functional groups attached to an aromatic ring is 1. The Morgan fingerprint density at radius 3 is 3.00 bits per heavy atom. The molecule has 1 aliphatic heterocycles. The standard InChI is InChI=1S/C18H29N5O3/c1-3-7-12(2)26-17-21-15(19)14-16(22-17)23(18(24)20-14)10-6-9-13-8-4-5-11-25-13/h12-13H,3-11H2,1-2H3,(H,20,24)(H2,19,21,22)/t12-,13?/m1/s1. The summed E-state index contributed by atoms with van der Waals surface area (Å²) in [5, 5.41) is 0. The first kappa shape index (κ1) is 18.7. The molecular formula is C18H29N5O3. The molecule has 0 saturated carbocycles. The van der Waals surface area contributed by atoms with Gasteiger partial charge >= 0.3 is 11.7 Å². The minimum atomic E-state index is -0.218. The van der Waals surface area contributed by atoms with E-state index in [1.165, 1.54) is 6.42 Å². The Bertz CT molecular complexity index is 779. The number of aromatic nitrogens is 4. The van der Waals surface area contributed by atoms with Gasteiger partial charge in [-0.1, -0.05) is 13.3 Å². The van der Waals surface area contributed by atoms with Gasteiger partial charge in [-0.2, -0.15) is 9.97 Å². The van der Waals surface area contributed by atoms with Gasteiger partial charge in [0.05, 0.1) is 12.2 Å². The van der Waals surface area contributed by atoms with Gasteiger partial charge < -0.3 is 20.2 Å². The second-order valence-electron chi connectivity index (χ2n) is 7.02. The van der Waals surface area contributed by atoms with Crippen molar-refractivity contribution in [2.75, 3.05) is 12.3 Å². The third-order valence-corrected chi connectivity index (χ3v) is 4.81. The smallest absolute Gasteiger partial charge is 0.327 e. The maximum atomic E-state index is 12.3. The average Bonchev–Trinajstić information content (AvgIpc) is 2.93. The van der Waals surface area contributed by atoms with E-state index in [1.807, 2.05) is 6.92 Å². The van der Waals surface area contributed by atoms with Crippen molar-refractivity contribution in [2.24, 2.45) is 0 Å². The number of hydrogen-bond acceptors (Lipinski definition) is 6. The number of hydrogen-bond donors (Lipinski definition) is 2. The van der Waals surface area contributed by atoms with E-state index in [4.69, 9.17) is 15.2 Å². The molecule has 3 heterocycles. The molecule has 144 valence electrons. The number of nitrogens with two attached hydrogens (primary N) is 1. The predicted molar refractivity (Wildman–Crippen MR) is 100 cm³/mol. The molecule has 1 fully saturated rings. The molecule has 1 aliphatic rings. The number of H-pyrrole nitrogens is 1. The van der Waals surface area contributed by atoms with E-state index in [2.05, 4.69) is 21.9 Å². The van der Waals surface area contributed by atoms with Gasteiger partial charge in [0.25, 0.3) is 0 Å². The Kier molecular flexibility index (Phi) is 6.13. The van der Waals surface area contributed by atoms with Crippen LogP contribution in [0.1, 0.15) is 58.8 Å². The van der Waals surface area contributed by atoms with Crippen molar-refractivity contribution in [3.8, 4) is 6.01 Å². The summed E-state index contributed by atoms with van der Waals surface area (Å²) in [5.74, 6) is 0.236. The van der Waals surface area contributed by atoms with Gasteiger partial charge in [-0.25, -0.2) is 4.79 Å². The number of aryl methyl sites for hydroxylation is 1. The maximum Gasteiger partial charge on any atom is 0.327 e. The highest BCUT2D eigenvalue weighted by atomic mass is 16.5. The van der Waals surface area contributed by atoms with E-state index < -0.39 is 0 Å². The average molecular weight is 363 g/mol. The lowest BCUT2D eigenvalue weighted by Gasteiger charge is -2.22. The van der Waals surface area contributed by atoms with Gasteiger partial charge in [-0.15, -0.1) is 0 Å². The van der Waals surface area contributed by atoms with Crippen LogP contribution in [0.2, 0.25) is 0 Å². The van der Waals surface area contributed by atoms with Crippen LogP contribution in [0.5, 0.6) is 6.01 Å². The van der Waals surface area contributed by atoms with E-state index in [0.29, 0.717) is 23.8 Å². The molecule has 1 saturated heterocycles. The van der Waals surface area contributed by atoms with Crippen molar-refractivity contribution in [3.63, 3.8) is 0 Å². The van der Waals surface area contributed by atoms with Gasteiger partial charge in [0.15, 0.2) is 11.5 Å². The molecule has 0 amide bonds. The molecule has 26 heavy (non-hydrogen) atoms. The monoisotopic (exact) mass is 363 g/mol. The number of nitrogens with one attached hydrogen (secondary N) is 1. The third kappa shape index (κ3) is 4.35. The molecule has 2 aromatic rings. The van der Waals surface area contributed by atoms with Gasteiger partial charge in [-0.3, -0.25) is 4.57 Å². The van der Waals surface area contributed by atoms with Gasteiger partial charge in [0.2, 0.25) is 0 Å². The van der Waals surface area contributed by atoms with E-state index in [1.54, 1.807) is 4.57 Å². The summed E-state index contributed by atoms with van der Waals surface area (Å²) in [6, 6.07) is 0.222. The zero-order valence-corrected chi connectivity index (χ0v) is 15.7. The normalized spacial score (nSPS) is 18.9. The lowest BCUT2D eigenvalue weighted by Crippen LogP contribution is -2.21. The second kappa shape index (κ2) is 8.53.